The Balaban J connectivity index is 1.93. The average Bonchev–Trinajstić information content (AvgIpc) is 2.39. The Hall–Kier alpha value is -1.59. The highest BCUT2D eigenvalue weighted by atomic mass is 35.5. The predicted octanol–water partition coefficient (Wildman–Crippen LogP) is 2.37. The number of amides is 1. The van der Waals surface area contributed by atoms with E-state index in [1.807, 2.05) is 0 Å². The third-order valence-electron chi connectivity index (χ3n) is 3.42. The van der Waals surface area contributed by atoms with Crippen molar-refractivity contribution < 1.29 is 14.7 Å². The fourth-order valence-electron chi connectivity index (χ4n) is 2.33. The molecule has 2 rings (SSSR count). The van der Waals surface area contributed by atoms with Gasteiger partial charge in [0.2, 0.25) is 5.91 Å². The number of carboxylic acids is 1. The van der Waals surface area contributed by atoms with Crippen LogP contribution in [0.3, 0.4) is 0 Å². The van der Waals surface area contributed by atoms with Crippen LogP contribution in [0.4, 0.5) is 5.69 Å². The Morgan fingerprint density at radius 3 is 2.65 bits per heavy atom. The van der Waals surface area contributed by atoms with Crippen molar-refractivity contribution in [2.75, 3.05) is 18.4 Å². The number of carbonyl (C=O) groups excluding carboxylic acids is 1. The normalized spacial score (nSPS) is 15.8. The van der Waals surface area contributed by atoms with Crippen molar-refractivity contribution in [1.29, 1.82) is 0 Å². The molecule has 3 N–H and O–H groups in total. The van der Waals surface area contributed by atoms with E-state index in [0.717, 1.165) is 25.9 Å². The summed E-state index contributed by atoms with van der Waals surface area (Å²) in [6, 6.07) is 4.41. The number of carboxylic acid groups (broad SMARTS) is 1. The summed E-state index contributed by atoms with van der Waals surface area (Å²) in [5, 5.41) is 15.0. The van der Waals surface area contributed by atoms with E-state index in [1.54, 1.807) is 6.07 Å². The van der Waals surface area contributed by atoms with E-state index in [-0.39, 0.29) is 16.5 Å². The van der Waals surface area contributed by atoms with E-state index in [2.05, 4.69) is 10.6 Å². The summed E-state index contributed by atoms with van der Waals surface area (Å²) in [6.07, 6.45) is 2.50. The van der Waals surface area contributed by atoms with Gasteiger partial charge in [-0.25, -0.2) is 4.79 Å². The van der Waals surface area contributed by atoms with Crippen LogP contribution >= 0.6 is 11.6 Å². The molecule has 0 spiro atoms. The second kappa shape index (κ2) is 6.72. The minimum absolute atomic E-state index is 0.0306. The lowest BCUT2D eigenvalue weighted by Gasteiger charge is -2.21. The van der Waals surface area contributed by atoms with Crippen molar-refractivity contribution in [3.8, 4) is 0 Å². The summed E-state index contributed by atoms with van der Waals surface area (Å²) in [5.41, 5.74) is 0.557. The molecule has 0 atom stereocenters. The average molecular weight is 297 g/mol. The molecule has 5 nitrogen and oxygen atoms in total. The topological polar surface area (TPSA) is 78.4 Å². The first kappa shape index (κ1) is 14.8. The number of hydrogen-bond acceptors (Lipinski definition) is 3. The number of aromatic carboxylic acids is 1. The molecule has 108 valence electrons. The van der Waals surface area contributed by atoms with Crippen LogP contribution in [0.25, 0.3) is 0 Å². The van der Waals surface area contributed by atoms with E-state index >= 15 is 0 Å². The number of halogens is 1. The molecule has 1 aromatic rings. The van der Waals surface area contributed by atoms with Crippen molar-refractivity contribution in [3.05, 3.63) is 28.8 Å². The molecule has 1 heterocycles. The maximum absolute atomic E-state index is 11.9. The lowest BCUT2D eigenvalue weighted by Crippen LogP contribution is -2.30. The van der Waals surface area contributed by atoms with Crippen molar-refractivity contribution in [1.82, 2.24) is 5.32 Å². The Morgan fingerprint density at radius 2 is 2.05 bits per heavy atom. The van der Waals surface area contributed by atoms with Crippen LogP contribution in [0.5, 0.6) is 0 Å². The lowest BCUT2D eigenvalue weighted by molar-refractivity contribution is -0.117. The van der Waals surface area contributed by atoms with Gasteiger partial charge in [0.25, 0.3) is 0 Å². The van der Waals surface area contributed by atoms with Crippen molar-refractivity contribution in [3.63, 3.8) is 0 Å². The predicted molar refractivity (Wildman–Crippen MR) is 77.3 cm³/mol. The summed E-state index contributed by atoms with van der Waals surface area (Å²) in [7, 11) is 0. The number of carbonyl (C=O) groups is 2. The van der Waals surface area contributed by atoms with E-state index in [0.29, 0.717) is 18.0 Å². The zero-order chi connectivity index (χ0) is 14.5. The lowest BCUT2D eigenvalue weighted by atomic mass is 9.94. The number of rotatable bonds is 4. The molecule has 0 unspecified atom stereocenters. The van der Waals surface area contributed by atoms with Gasteiger partial charge in [-0.2, -0.15) is 0 Å². The van der Waals surface area contributed by atoms with Gasteiger partial charge in [0, 0.05) is 12.1 Å². The largest absolute Gasteiger partial charge is 0.478 e. The highest BCUT2D eigenvalue weighted by Crippen LogP contribution is 2.22. The van der Waals surface area contributed by atoms with Crippen LogP contribution in [-0.2, 0) is 4.79 Å². The summed E-state index contributed by atoms with van der Waals surface area (Å²) in [5.74, 6) is -0.733. The van der Waals surface area contributed by atoms with Gasteiger partial charge in [0.15, 0.2) is 0 Å². The zero-order valence-corrected chi connectivity index (χ0v) is 11.7. The third-order valence-corrected chi connectivity index (χ3v) is 3.73. The van der Waals surface area contributed by atoms with Gasteiger partial charge in [-0.05, 0) is 50.0 Å². The van der Waals surface area contributed by atoms with Crippen molar-refractivity contribution in [2.45, 2.75) is 19.3 Å². The third kappa shape index (κ3) is 3.95. The summed E-state index contributed by atoms with van der Waals surface area (Å²) < 4.78 is 0. The minimum atomic E-state index is -1.08. The monoisotopic (exact) mass is 296 g/mol. The van der Waals surface area contributed by atoms with Crippen molar-refractivity contribution >= 4 is 29.2 Å². The Bertz CT molecular complexity index is 513. The second-order valence-electron chi connectivity index (χ2n) is 4.95. The first-order chi connectivity index (χ1) is 9.56. The van der Waals surface area contributed by atoms with Gasteiger partial charge >= 0.3 is 5.97 Å². The number of hydrogen-bond donors (Lipinski definition) is 3. The van der Waals surface area contributed by atoms with Gasteiger partial charge in [0.05, 0.1) is 10.6 Å². The Kier molecular flexibility index (Phi) is 4.98. The molecule has 0 bridgehead atoms. The molecule has 20 heavy (non-hydrogen) atoms. The van der Waals surface area contributed by atoms with Crippen LogP contribution in [0.2, 0.25) is 5.02 Å². The summed E-state index contributed by atoms with van der Waals surface area (Å²) in [4.78, 5) is 22.8. The Morgan fingerprint density at radius 1 is 1.35 bits per heavy atom. The Labute approximate surface area is 122 Å². The van der Waals surface area contributed by atoms with Gasteiger partial charge in [-0.15, -0.1) is 0 Å². The van der Waals surface area contributed by atoms with Crippen LogP contribution in [0.15, 0.2) is 18.2 Å². The van der Waals surface area contributed by atoms with Gasteiger partial charge in [-0.1, -0.05) is 11.6 Å². The number of piperidine rings is 1. The van der Waals surface area contributed by atoms with E-state index < -0.39 is 5.97 Å². The van der Waals surface area contributed by atoms with Crippen LogP contribution in [-0.4, -0.2) is 30.1 Å². The van der Waals surface area contributed by atoms with Crippen molar-refractivity contribution in [2.24, 2.45) is 5.92 Å². The number of nitrogens with one attached hydrogen (secondary N) is 2. The highest BCUT2D eigenvalue weighted by molar-refractivity contribution is 6.33. The first-order valence-electron chi connectivity index (χ1n) is 6.59. The fraction of sp³-hybridized carbons (Fsp3) is 0.429. The van der Waals surface area contributed by atoms with E-state index in [4.69, 9.17) is 16.7 Å². The standard InChI is InChI=1S/C14H17ClN2O3/c15-12-8-10(1-2-11(12)14(19)20)17-13(18)7-9-3-5-16-6-4-9/h1-2,8-9,16H,3-7H2,(H,17,18)(H,19,20). The summed E-state index contributed by atoms with van der Waals surface area (Å²) >= 11 is 5.86. The molecule has 0 aromatic heterocycles. The van der Waals surface area contributed by atoms with Gasteiger partial charge in [-0.3, -0.25) is 4.79 Å². The van der Waals surface area contributed by atoms with Gasteiger partial charge in [0.1, 0.15) is 0 Å². The molecule has 1 amide bonds. The smallest absolute Gasteiger partial charge is 0.337 e. The molecule has 1 saturated heterocycles. The van der Waals surface area contributed by atoms with E-state index in [1.165, 1.54) is 12.1 Å². The second-order valence-corrected chi connectivity index (χ2v) is 5.35. The maximum Gasteiger partial charge on any atom is 0.337 e. The molecule has 0 saturated carbocycles. The van der Waals surface area contributed by atoms with Crippen LogP contribution < -0.4 is 10.6 Å². The molecule has 6 heteroatoms. The molecule has 0 aliphatic carbocycles. The number of anilines is 1. The fourth-order valence-corrected chi connectivity index (χ4v) is 2.59. The summed E-state index contributed by atoms with van der Waals surface area (Å²) in [6.45, 7) is 1.91. The highest BCUT2D eigenvalue weighted by Gasteiger charge is 2.17. The van der Waals surface area contributed by atoms with Crippen LogP contribution in [0.1, 0.15) is 29.6 Å². The zero-order valence-electron chi connectivity index (χ0n) is 11.0. The minimum Gasteiger partial charge on any atom is -0.478 e. The van der Waals surface area contributed by atoms with E-state index in [9.17, 15) is 9.59 Å². The number of benzene rings is 1. The molecule has 1 aliphatic rings. The SMILES string of the molecule is O=C(CC1CCNCC1)Nc1ccc(C(=O)O)c(Cl)c1. The molecule has 1 fully saturated rings. The molecular weight excluding hydrogens is 280 g/mol. The quantitative estimate of drug-likeness (QED) is 0.797. The van der Waals surface area contributed by atoms with Crippen LogP contribution in [0, 0.1) is 5.92 Å². The molecule has 1 aromatic carbocycles. The van der Waals surface area contributed by atoms with Gasteiger partial charge < -0.3 is 15.7 Å². The molecule has 1 aliphatic heterocycles. The maximum atomic E-state index is 11.9. The molecule has 0 radical (unpaired) electrons. The molecular formula is C14H17ClN2O3. The first-order valence-corrected chi connectivity index (χ1v) is 6.97.